The molecule has 0 aromatic rings. The van der Waals surface area contributed by atoms with Crippen molar-refractivity contribution in [2.45, 2.75) is 57.9 Å². The fourth-order valence-corrected chi connectivity index (χ4v) is 3.97. The van der Waals surface area contributed by atoms with E-state index in [9.17, 15) is 105 Å². The SMILES string of the molecule is O=S(=O)(O)C(F)(C(F)(F)C(F)(F)C(F)(F)C(F)(F)C(F)(F)C(F)(F)C(F)(F)C(F)(F)C(F)(F)F)S(=O)(=O)O. The molecule has 2 N–H and O–H groups in total. The van der Waals surface area contributed by atoms with Crippen molar-refractivity contribution in [3.63, 3.8) is 0 Å². The molecule has 0 aromatic carbocycles. The Kier molecular flexibility index (Phi) is 8.11. The molecule has 28 heteroatoms. The minimum Gasteiger partial charge on any atom is -0.282 e. The Labute approximate surface area is 193 Å². The van der Waals surface area contributed by atoms with Gasteiger partial charge in [-0.3, -0.25) is 9.11 Å². The molecule has 0 aliphatic rings. The molecule has 230 valence electrons. The average molecular weight is 662 g/mol. The van der Waals surface area contributed by atoms with Gasteiger partial charge in [-0.1, -0.05) is 0 Å². The normalized spacial score (nSPS) is 17.1. The Balaban J connectivity index is 7.55. The molecule has 0 radical (unpaired) electrons. The second-order valence-electron chi connectivity index (χ2n) is 6.58. The van der Waals surface area contributed by atoms with Crippen LogP contribution in [0.15, 0.2) is 0 Å². The van der Waals surface area contributed by atoms with Crippen molar-refractivity contribution in [3.05, 3.63) is 0 Å². The van der Waals surface area contributed by atoms with E-state index in [0.29, 0.717) is 0 Å². The summed E-state index contributed by atoms with van der Waals surface area (Å²) in [5, 5.41) is 0. The van der Waals surface area contributed by atoms with Gasteiger partial charge in [0.05, 0.1) is 0 Å². The van der Waals surface area contributed by atoms with Gasteiger partial charge < -0.3 is 0 Å². The molecule has 0 aromatic heterocycles. The lowest BCUT2D eigenvalue weighted by molar-refractivity contribution is -0.469. The van der Waals surface area contributed by atoms with E-state index in [1.165, 1.54) is 0 Å². The minimum atomic E-state index is -9.51. The highest BCUT2D eigenvalue weighted by Gasteiger charge is 2.99. The first-order valence-electron chi connectivity index (χ1n) is 7.47. The third-order valence-electron chi connectivity index (χ3n) is 4.16. The Morgan fingerprint density at radius 3 is 0.632 bits per heavy atom. The number of alkyl halides is 20. The number of hydrogen-bond acceptors (Lipinski definition) is 4. The third-order valence-corrected chi connectivity index (χ3v) is 7.26. The molecule has 0 bridgehead atoms. The molecule has 6 nitrogen and oxygen atoms in total. The van der Waals surface area contributed by atoms with Gasteiger partial charge in [0.25, 0.3) is 0 Å². The maximum Gasteiger partial charge on any atom is 0.460 e. The average Bonchev–Trinajstić information content (AvgIpc) is 2.63. The van der Waals surface area contributed by atoms with E-state index in [-0.39, 0.29) is 0 Å². The number of rotatable bonds is 10. The molecule has 0 fully saturated rings. The summed E-state index contributed by atoms with van der Waals surface area (Å²) >= 11 is 0. The summed E-state index contributed by atoms with van der Waals surface area (Å²) < 4.78 is 313. The van der Waals surface area contributed by atoms with Crippen LogP contribution in [0.25, 0.3) is 0 Å². The van der Waals surface area contributed by atoms with E-state index < -0.39 is 78.1 Å². The fourth-order valence-electron chi connectivity index (χ4n) is 2.01. The highest BCUT2D eigenvalue weighted by Crippen LogP contribution is 2.66. The van der Waals surface area contributed by atoms with Crippen LogP contribution in [-0.4, -0.2) is 83.8 Å². The highest BCUT2D eigenvalue weighted by molar-refractivity contribution is 8.05. The molecule has 0 saturated heterocycles. The molecule has 0 atom stereocenters. The summed E-state index contributed by atoms with van der Waals surface area (Å²) in [4.78, 5) is 0. The molecule has 0 spiro atoms. The van der Waals surface area contributed by atoms with E-state index in [2.05, 4.69) is 0 Å². The van der Waals surface area contributed by atoms with Crippen LogP contribution in [0.4, 0.5) is 87.8 Å². The Morgan fingerprint density at radius 2 is 0.474 bits per heavy atom. The maximum atomic E-state index is 13.8. The summed E-state index contributed by atoms with van der Waals surface area (Å²) in [6.45, 7) is 0. The van der Waals surface area contributed by atoms with Crippen molar-refractivity contribution in [1.29, 1.82) is 0 Å². The smallest absolute Gasteiger partial charge is 0.282 e. The zero-order chi connectivity index (χ0) is 32.0. The van der Waals surface area contributed by atoms with Crippen molar-refractivity contribution in [2.24, 2.45) is 0 Å². The zero-order valence-corrected chi connectivity index (χ0v) is 17.5. The second kappa shape index (κ2) is 8.46. The highest BCUT2D eigenvalue weighted by atomic mass is 32.3. The summed E-state index contributed by atoms with van der Waals surface area (Å²) in [6, 6.07) is 0. The standard InChI is InChI=1S/C10H2F20O6S2/c11-1(12,3(15,16)5(19,20)7(23,24)9(27,28)29)2(13,14)4(17,18)6(21,22)8(25,26)10(30,37(31,32)33)38(34,35)36/h(H,31,32,33)(H,34,35,36). The van der Waals surface area contributed by atoms with Crippen LogP contribution in [0.5, 0.6) is 0 Å². The van der Waals surface area contributed by atoms with Crippen LogP contribution in [0.2, 0.25) is 0 Å². The molecular weight excluding hydrogens is 660 g/mol. The zero-order valence-electron chi connectivity index (χ0n) is 15.9. The molecule has 0 rings (SSSR count). The van der Waals surface area contributed by atoms with E-state index in [1.54, 1.807) is 0 Å². The van der Waals surface area contributed by atoms with Crippen LogP contribution >= 0.6 is 0 Å². The lowest BCUT2D eigenvalue weighted by Gasteiger charge is -2.44. The molecule has 0 aliphatic carbocycles. The second-order valence-corrected chi connectivity index (χ2v) is 9.86. The van der Waals surface area contributed by atoms with E-state index in [1.807, 2.05) is 0 Å². The molecule has 0 saturated carbocycles. The lowest BCUT2D eigenvalue weighted by atomic mass is 9.87. The maximum absolute atomic E-state index is 13.8. The summed E-state index contributed by atoms with van der Waals surface area (Å²) in [5.41, 5.74) is 0. The van der Waals surface area contributed by atoms with Gasteiger partial charge in [0, 0.05) is 0 Å². The lowest BCUT2D eigenvalue weighted by Crippen LogP contribution is -2.78. The first-order valence-corrected chi connectivity index (χ1v) is 10.3. The van der Waals surface area contributed by atoms with Gasteiger partial charge >= 0.3 is 78.1 Å². The minimum absolute atomic E-state index is 8.06. The molecule has 0 unspecified atom stereocenters. The third kappa shape index (κ3) is 4.05. The van der Waals surface area contributed by atoms with Crippen molar-refractivity contribution >= 4 is 20.2 Å². The van der Waals surface area contributed by atoms with Gasteiger partial charge in [-0.15, -0.1) is 0 Å². The predicted octanol–water partition coefficient (Wildman–Crippen LogP) is 5.03. The summed E-state index contributed by atoms with van der Waals surface area (Å²) in [5.74, 6) is -73.6. The molecule has 0 aliphatic heterocycles. The van der Waals surface area contributed by atoms with E-state index in [0.717, 1.165) is 0 Å². The van der Waals surface area contributed by atoms with E-state index >= 15 is 0 Å². The summed E-state index contributed by atoms with van der Waals surface area (Å²) in [7, 11) is -16.8. The quantitative estimate of drug-likeness (QED) is 0.251. The first kappa shape index (κ1) is 36.4. The monoisotopic (exact) mass is 662 g/mol. The fraction of sp³-hybridized carbons (Fsp3) is 1.00. The van der Waals surface area contributed by atoms with E-state index in [4.69, 9.17) is 9.11 Å². The van der Waals surface area contributed by atoms with Crippen molar-refractivity contribution in [1.82, 2.24) is 0 Å². The van der Waals surface area contributed by atoms with Gasteiger partial charge in [0.2, 0.25) is 0 Å². The van der Waals surface area contributed by atoms with Gasteiger partial charge in [0.1, 0.15) is 0 Å². The van der Waals surface area contributed by atoms with Gasteiger partial charge in [-0.05, 0) is 0 Å². The van der Waals surface area contributed by atoms with Crippen LogP contribution < -0.4 is 0 Å². The summed E-state index contributed by atoms with van der Waals surface area (Å²) in [6.07, 6.45) is -8.14. The van der Waals surface area contributed by atoms with Crippen LogP contribution in [0.3, 0.4) is 0 Å². The van der Waals surface area contributed by atoms with Crippen LogP contribution in [0.1, 0.15) is 0 Å². The first-order chi connectivity index (χ1) is 15.8. The Bertz CT molecular complexity index is 1100. The van der Waals surface area contributed by atoms with Crippen LogP contribution in [-0.2, 0) is 20.2 Å². The molecular formula is C10H2F20O6S2. The van der Waals surface area contributed by atoms with Crippen molar-refractivity contribution < 1.29 is 114 Å². The number of halogens is 20. The van der Waals surface area contributed by atoms with Gasteiger partial charge in [-0.25, -0.2) is 0 Å². The van der Waals surface area contributed by atoms with Gasteiger partial charge in [-0.2, -0.15) is 105 Å². The topological polar surface area (TPSA) is 109 Å². The van der Waals surface area contributed by atoms with Crippen molar-refractivity contribution in [3.8, 4) is 0 Å². The Hall–Kier alpha value is -1.58. The number of hydrogen-bond donors (Lipinski definition) is 2. The van der Waals surface area contributed by atoms with Crippen LogP contribution in [0, 0.1) is 0 Å². The van der Waals surface area contributed by atoms with Gasteiger partial charge in [0.15, 0.2) is 0 Å². The molecule has 0 amide bonds. The largest absolute Gasteiger partial charge is 0.460 e. The van der Waals surface area contributed by atoms with Crippen molar-refractivity contribution in [2.75, 3.05) is 0 Å². The molecule has 38 heavy (non-hydrogen) atoms. The molecule has 0 heterocycles. The Morgan fingerprint density at radius 1 is 0.316 bits per heavy atom. The predicted molar refractivity (Wildman–Crippen MR) is 72.6 cm³/mol.